The van der Waals surface area contributed by atoms with Crippen molar-refractivity contribution >= 4 is 15.9 Å². The molecule has 0 amide bonds. The van der Waals surface area contributed by atoms with Gasteiger partial charge in [0.15, 0.2) is 0 Å². The summed E-state index contributed by atoms with van der Waals surface area (Å²) in [6.07, 6.45) is 4.95. The molecule has 2 rings (SSSR count). The Kier molecular flexibility index (Phi) is 3.22. The Hall–Kier alpha value is -0.370. The van der Waals surface area contributed by atoms with Crippen LogP contribution >= 0.6 is 15.9 Å². The third-order valence-electron chi connectivity index (χ3n) is 2.98. The van der Waals surface area contributed by atoms with E-state index in [2.05, 4.69) is 15.9 Å². The van der Waals surface area contributed by atoms with Crippen LogP contribution in [0.4, 0.5) is 4.39 Å². The molecule has 0 N–H and O–H groups in total. The first kappa shape index (κ1) is 10.2. The topological polar surface area (TPSA) is 0 Å². The van der Waals surface area contributed by atoms with E-state index < -0.39 is 0 Å². The van der Waals surface area contributed by atoms with Gasteiger partial charge in [-0.15, -0.1) is 0 Å². The fraction of sp³-hybridized carbons (Fsp3) is 0.500. The average Bonchev–Trinajstić information content (AvgIpc) is 1.99. The Morgan fingerprint density at radius 3 is 2.79 bits per heavy atom. The minimum atomic E-state index is -0.129. The van der Waals surface area contributed by atoms with E-state index in [0.29, 0.717) is 4.83 Å². The summed E-state index contributed by atoms with van der Waals surface area (Å²) in [6.45, 7) is 0. The summed E-state index contributed by atoms with van der Waals surface area (Å²) in [5.41, 5.74) is 1.10. The van der Waals surface area contributed by atoms with E-state index in [0.717, 1.165) is 17.9 Å². The fourth-order valence-corrected chi connectivity index (χ4v) is 2.76. The second kappa shape index (κ2) is 4.43. The van der Waals surface area contributed by atoms with E-state index in [-0.39, 0.29) is 5.82 Å². The van der Waals surface area contributed by atoms with Crippen LogP contribution in [0.1, 0.15) is 24.8 Å². The van der Waals surface area contributed by atoms with Crippen LogP contribution in [0.2, 0.25) is 0 Å². The van der Waals surface area contributed by atoms with Gasteiger partial charge < -0.3 is 0 Å². The van der Waals surface area contributed by atoms with Crippen molar-refractivity contribution in [1.82, 2.24) is 0 Å². The Morgan fingerprint density at radius 1 is 1.43 bits per heavy atom. The highest BCUT2D eigenvalue weighted by Crippen LogP contribution is 2.34. The van der Waals surface area contributed by atoms with E-state index in [1.165, 1.54) is 25.3 Å². The number of hydrogen-bond donors (Lipinski definition) is 0. The smallest absolute Gasteiger partial charge is 0.123 e. The predicted octanol–water partition coefficient (Wildman–Crippen LogP) is 3.93. The van der Waals surface area contributed by atoms with Crippen molar-refractivity contribution < 1.29 is 4.39 Å². The van der Waals surface area contributed by atoms with Crippen LogP contribution in [0.3, 0.4) is 0 Å². The maximum absolute atomic E-state index is 12.9. The lowest BCUT2D eigenvalue weighted by Crippen LogP contribution is -2.23. The molecule has 1 aliphatic rings. The van der Waals surface area contributed by atoms with Crippen LogP contribution in [-0.2, 0) is 6.42 Å². The summed E-state index contributed by atoms with van der Waals surface area (Å²) in [4.78, 5) is 0.526. The van der Waals surface area contributed by atoms with Crippen LogP contribution in [0.25, 0.3) is 0 Å². The highest BCUT2D eigenvalue weighted by Gasteiger charge is 2.25. The fourth-order valence-electron chi connectivity index (χ4n) is 1.86. The quantitative estimate of drug-likeness (QED) is 0.719. The van der Waals surface area contributed by atoms with Crippen LogP contribution in [-0.4, -0.2) is 4.83 Å². The molecule has 2 heteroatoms. The number of alkyl halides is 1. The van der Waals surface area contributed by atoms with Crippen LogP contribution in [0, 0.1) is 11.7 Å². The molecule has 0 heterocycles. The van der Waals surface area contributed by atoms with Crippen LogP contribution < -0.4 is 0 Å². The number of hydrogen-bond acceptors (Lipinski definition) is 0. The van der Waals surface area contributed by atoms with Gasteiger partial charge in [0.25, 0.3) is 0 Å². The second-order valence-corrected chi connectivity index (χ2v) is 5.22. The minimum Gasteiger partial charge on any atom is -0.207 e. The Balaban J connectivity index is 1.95. The van der Waals surface area contributed by atoms with E-state index in [4.69, 9.17) is 0 Å². The summed E-state index contributed by atoms with van der Waals surface area (Å²) in [7, 11) is 0. The predicted molar refractivity (Wildman–Crippen MR) is 60.2 cm³/mol. The van der Waals surface area contributed by atoms with Gasteiger partial charge in [0.05, 0.1) is 0 Å². The standard InChI is InChI=1S/C12H14BrF/c13-12(10-4-2-5-10)8-9-3-1-6-11(14)7-9/h1,3,6-7,10,12H,2,4-5,8H2. The van der Waals surface area contributed by atoms with Crippen molar-refractivity contribution in [3.8, 4) is 0 Å². The Labute approximate surface area is 92.6 Å². The summed E-state index contributed by atoms with van der Waals surface area (Å²) in [5.74, 6) is 0.675. The highest BCUT2D eigenvalue weighted by molar-refractivity contribution is 9.09. The van der Waals surface area contributed by atoms with Crippen molar-refractivity contribution in [3.05, 3.63) is 35.6 Å². The highest BCUT2D eigenvalue weighted by atomic mass is 79.9. The zero-order chi connectivity index (χ0) is 9.97. The van der Waals surface area contributed by atoms with Gasteiger partial charge in [0, 0.05) is 4.83 Å². The van der Waals surface area contributed by atoms with Crippen molar-refractivity contribution in [2.45, 2.75) is 30.5 Å². The summed E-state index contributed by atoms with van der Waals surface area (Å²) < 4.78 is 12.9. The third-order valence-corrected chi connectivity index (χ3v) is 4.05. The van der Waals surface area contributed by atoms with E-state index in [1.54, 1.807) is 12.1 Å². The molecule has 1 fully saturated rings. The lowest BCUT2D eigenvalue weighted by atomic mass is 9.81. The molecule has 1 aromatic rings. The van der Waals surface area contributed by atoms with Crippen LogP contribution in [0.15, 0.2) is 24.3 Å². The molecule has 1 aliphatic carbocycles. The van der Waals surface area contributed by atoms with Gasteiger partial charge in [-0.3, -0.25) is 0 Å². The van der Waals surface area contributed by atoms with Crippen molar-refractivity contribution in [1.29, 1.82) is 0 Å². The molecule has 14 heavy (non-hydrogen) atoms. The van der Waals surface area contributed by atoms with Crippen molar-refractivity contribution in [2.75, 3.05) is 0 Å². The summed E-state index contributed by atoms with van der Waals surface area (Å²) >= 11 is 3.69. The van der Waals surface area contributed by atoms with Crippen LogP contribution in [0.5, 0.6) is 0 Å². The first-order valence-corrected chi connectivity index (χ1v) is 6.06. The van der Waals surface area contributed by atoms with Crippen molar-refractivity contribution in [2.24, 2.45) is 5.92 Å². The zero-order valence-corrected chi connectivity index (χ0v) is 9.63. The second-order valence-electron chi connectivity index (χ2n) is 4.04. The van der Waals surface area contributed by atoms with Gasteiger partial charge in [0.1, 0.15) is 5.82 Å². The first-order valence-electron chi connectivity index (χ1n) is 5.14. The average molecular weight is 257 g/mol. The van der Waals surface area contributed by atoms with Gasteiger partial charge in [0.2, 0.25) is 0 Å². The van der Waals surface area contributed by atoms with Gasteiger partial charge in [-0.25, -0.2) is 4.39 Å². The summed E-state index contributed by atoms with van der Waals surface area (Å²) in [6, 6.07) is 6.91. The number of halogens is 2. The lowest BCUT2D eigenvalue weighted by molar-refractivity contribution is 0.308. The van der Waals surface area contributed by atoms with E-state index >= 15 is 0 Å². The molecule has 0 aliphatic heterocycles. The number of benzene rings is 1. The molecule has 0 bridgehead atoms. The molecular weight excluding hydrogens is 243 g/mol. The number of rotatable bonds is 3. The summed E-state index contributed by atoms with van der Waals surface area (Å²) in [5, 5.41) is 0. The van der Waals surface area contributed by atoms with Gasteiger partial charge in [-0.1, -0.05) is 34.5 Å². The van der Waals surface area contributed by atoms with Gasteiger partial charge in [-0.2, -0.15) is 0 Å². The first-order chi connectivity index (χ1) is 6.75. The molecule has 0 saturated heterocycles. The molecule has 1 unspecified atom stereocenters. The van der Waals surface area contributed by atoms with E-state index in [1.807, 2.05) is 6.07 Å². The van der Waals surface area contributed by atoms with Crippen molar-refractivity contribution in [3.63, 3.8) is 0 Å². The molecule has 1 aromatic carbocycles. The molecule has 0 radical (unpaired) electrons. The Bertz CT molecular complexity index is 307. The SMILES string of the molecule is Fc1cccc(CC(Br)C2CCC2)c1. The third kappa shape index (κ3) is 2.35. The van der Waals surface area contributed by atoms with Gasteiger partial charge in [-0.05, 0) is 42.9 Å². The molecule has 0 spiro atoms. The minimum absolute atomic E-state index is 0.129. The maximum atomic E-state index is 12.9. The zero-order valence-electron chi connectivity index (χ0n) is 8.05. The molecule has 76 valence electrons. The molecule has 0 aromatic heterocycles. The van der Waals surface area contributed by atoms with Gasteiger partial charge >= 0.3 is 0 Å². The normalized spacial score (nSPS) is 19.0. The lowest BCUT2D eigenvalue weighted by Gasteiger charge is -2.30. The van der Waals surface area contributed by atoms with E-state index in [9.17, 15) is 4.39 Å². The monoisotopic (exact) mass is 256 g/mol. The Morgan fingerprint density at radius 2 is 2.21 bits per heavy atom. The largest absolute Gasteiger partial charge is 0.207 e. The molecule has 1 atom stereocenters. The molecular formula is C12H14BrF. The maximum Gasteiger partial charge on any atom is 0.123 e. The molecule has 1 saturated carbocycles. The molecule has 0 nitrogen and oxygen atoms in total.